The van der Waals surface area contributed by atoms with Gasteiger partial charge in [0.2, 0.25) is 0 Å². The molecule has 2 N–H and O–H groups in total. The number of hydrogen-bond acceptors (Lipinski definition) is 3. The van der Waals surface area contributed by atoms with E-state index in [1.807, 2.05) is 42.5 Å². The van der Waals surface area contributed by atoms with Gasteiger partial charge in [0.05, 0.1) is 17.9 Å². The van der Waals surface area contributed by atoms with Crippen molar-refractivity contribution >= 4 is 28.5 Å². The number of benzene rings is 2. The first-order valence-corrected chi connectivity index (χ1v) is 9.37. The van der Waals surface area contributed by atoms with Gasteiger partial charge in [-0.05, 0) is 36.1 Å². The Labute approximate surface area is 152 Å². The van der Waals surface area contributed by atoms with Crippen molar-refractivity contribution in [1.82, 2.24) is 0 Å². The summed E-state index contributed by atoms with van der Waals surface area (Å²) in [6, 6.07) is 18.2. The molecule has 0 bridgehead atoms. The molecule has 0 aliphatic carbocycles. The summed E-state index contributed by atoms with van der Waals surface area (Å²) in [5.41, 5.74) is 8.54. The summed E-state index contributed by atoms with van der Waals surface area (Å²) in [6.07, 6.45) is 2.40. The molecular weight excluding hydrogens is 340 g/mol. The lowest BCUT2D eigenvalue weighted by atomic mass is 10.0. The van der Waals surface area contributed by atoms with Crippen LogP contribution in [0.15, 0.2) is 59.6 Å². The predicted octanol–water partition coefficient (Wildman–Crippen LogP) is 4.66. The molecule has 0 unspecified atom stereocenters. The molecule has 126 valence electrons. The maximum Gasteiger partial charge on any atom is 0.154 e. The first-order valence-electron chi connectivity index (χ1n) is 8.11. The molecule has 0 amide bonds. The molecular formula is C19H21ClN2OS. The van der Waals surface area contributed by atoms with Crippen molar-refractivity contribution in [2.45, 2.75) is 24.2 Å². The molecule has 3 nitrogen and oxygen atoms in total. The van der Waals surface area contributed by atoms with Crippen molar-refractivity contribution in [3.63, 3.8) is 0 Å². The second-order valence-electron chi connectivity index (χ2n) is 5.77. The van der Waals surface area contributed by atoms with Gasteiger partial charge >= 0.3 is 0 Å². The number of hydrogen-bond donors (Lipinski definition) is 1. The van der Waals surface area contributed by atoms with Crippen molar-refractivity contribution in [3.05, 3.63) is 70.7 Å². The standard InChI is InChI=1S/C19H21ClN2OS/c20-16-10-8-15(9-11-16)18(14-5-2-1-3-6-14)24-19(21)22-13-17-7-4-12-23-17/h1-3,5-6,8-11,17-18H,4,7,12-13H2,(H2,21,22)/t17-,18+/m1/s1. The van der Waals surface area contributed by atoms with Gasteiger partial charge < -0.3 is 10.5 Å². The highest BCUT2D eigenvalue weighted by Crippen LogP contribution is 2.36. The average Bonchev–Trinajstić information content (AvgIpc) is 3.13. The van der Waals surface area contributed by atoms with E-state index >= 15 is 0 Å². The summed E-state index contributed by atoms with van der Waals surface area (Å²) in [5, 5.41) is 1.42. The number of nitrogens with zero attached hydrogens (tertiary/aromatic N) is 1. The molecule has 0 radical (unpaired) electrons. The van der Waals surface area contributed by atoms with Gasteiger partial charge in [-0.25, -0.2) is 0 Å². The van der Waals surface area contributed by atoms with Crippen LogP contribution >= 0.6 is 23.4 Å². The van der Waals surface area contributed by atoms with E-state index in [0.29, 0.717) is 11.7 Å². The van der Waals surface area contributed by atoms with Gasteiger partial charge in [-0.3, -0.25) is 4.99 Å². The molecule has 2 atom stereocenters. The van der Waals surface area contributed by atoms with Gasteiger partial charge in [-0.15, -0.1) is 0 Å². The number of aliphatic imine (C=N–C) groups is 1. The van der Waals surface area contributed by atoms with E-state index in [0.717, 1.165) is 30.0 Å². The van der Waals surface area contributed by atoms with E-state index in [9.17, 15) is 0 Å². The Hall–Kier alpha value is -1.49. The third-order valence-corrected chi connectivity index (χ3v) is 5.39. The van der Waals surface area contributed by atoms with Crippen molar-refractivity contribution in [3.8, 4) is 0 Å². The van der Waals surface area contributed by atoms with Crippen LogP contribution < -0.4 is 5.73 Å². The number of rotatable bonds is 5. The van der Waals surface area contributed by atoms with E-state index in [4.69, 9.17) is 22.1 Å². The van der Waals surface area contributed by atoms with Crippen LogP contribution in [0.5, 0.6) is 0 Å². The Bertz CT molecular complexity index is 670. The second kappa shape index (κ2) is 8.56. The van der Waals surface area contributed by atoms with Gasteiger partial charge in [0.1, 0.15) is 0 Å². The molecule has 0 spiro atoms. The lowest BCUT2D eigenvalue weighted by molar-refractivity contribution is 0.118. The minimum Gasteiger partial charge on any atom is -0.379 e. The third-order valence-electron chi connectivity index (χ3n) is 3.99. The predicted molar refractivity (Wildman–Crippen MR) is 103 cm³/mol. The molecule has 2 aromatic carbocycles. The maximum atomic E-state index is 6.19. The summed E-state index contributed by atoms with van der Waals surface area (Å²) in [7, 11) is 0. The first kappa shape index (κ1) is 17.3. The zero-order valence-corrected chi connectivity index (χ0v) is 15.0. The van der Waals surface area contributed by atoms with Crippen LogP contribution in [0, 0.1) is 0 Å². The molecule has 24 heavy (non-hydrogen) atoms. The SMILES string of the molecule is NC(=NC[C@H]1CCCO1)S[C@@H](c1ccccc1)c1ccc(Cl)cc1. The molecule has 0 aromatic heterocycles. The van der Waals surface area contributed by atoms with Crippen molar-refractivity contribution in [2.24, 2.45) is 10.7 Å². The quantitative estimate of drug-likeness (QED) is 0.623. The molecule has 1 aliphatic heterocycles. The first-order chi connectivity index (χ1) is 11.7. The maximum absolute atomic E-state index is 6.19. The van der Waals surface area contributed by atoms with E-state index in [2.05, 4.69) is 17.1 Å². The zero-order chi connectivity index (χ0) is 16.8. The van der Waals surface area contributed by atoms with E-state index in [1.165, 1.54) is 5.56 Å². The number of nitrogens with two attached hydrogens (primary N) is 1. The van der Waals surface area contributed by atoms with Crippen LogP contribution in [0.3, 0.4) is 0 Å². The summed E-state index contributed by atoms with van der Waals surface area (Å²) >= 11 is 7.59. The average molecular weight is 361 g/mol. The number of thioether (sulfide) groups is 1. The second-order valence-corrected chi connectivity index (χ2v) is 7.34. The van der Waals surface area contributed by atoms with Gasteiger partial charge in [0.25, 0.3) is 0 Å². The topological polar surface area (TPSA) is 47.6 Å². The molecule has 5 heteroatoms. The fourth-order valence-corrected chi connectivity index (χ4v) is 3.84. The normalized spacial score (nSPS) is 19.4. The molecule has 3 rings (SSSR count). The van der Waals surface area contributed by atoms with E-state index in [1.54, 1.807) is 11.8 Å². The van der Waals surface area contributed by atoms with Gasteiger partial charge in [-0.2, -0.15) is 0 Å². The van der Waals surface area contributed by atoms with Crippen LogP contribution in [-0.4, -0.2) is 24.4 Å². The minimum atomic E-state index is 0.0942. The van der Waals surface area contributed by atoms with Crippen LogP contribution in [-0.2, 0) is 4.74 Å². The van der Waals surface area contributed by atoms with Gasteiger partial charge in [-0.1, -0.05) is 65.8 Å². The third kappa shape index (κ3) is 4.76. The zero-order valence-electron chi connectivity index (χ0n) is 13.4. The van der Waals surface area contributed by atoms with Crippen LogP contribution in [0.4, 0.5) is 0 Å². The summed E-state index contributed by atoms with van der Waals surface area (Å²) < 4.78 is 5.60. The van der Waals surface area contributed by atoms with Crippen molar-refractivity contribution in [1.29, 1.82) is 0 Å². The highest BCUT2D eigenvalue weighted by Gasteiger charge is 2.18. The molecule has 1 fully saturated rings. The molecule has 2 aromatic rings. The monoisotopic (exact) mass is 360 g/mol. The van der Waals surface area contributed by atoms with Gasteiger partial charge in [0.15, 0.2) is 5.17 Å². The fraction of sp³-hybridized carbons (Fsp3) is 0.316. The highest BCUT2D eigenvalue weighted by molar-refractivity contribution is 8.14. The summed E-state index contributed by atoms with van der Waals surface area (Å²) in [4.78, 5) is 4.52. The Morgan fingerprint density at radius 1 is 1.17 bits per heavy atom. The Kier molecular flexibility index (Phi) is 6.18. The number of halogens is 1. The van der Waals surface area contributed by atoms with Gasteiger partial charge in [0, 0.05) is 11.6 Å². The highest BCUT2D eigenvalue weighted by atomic mass is 35.5. The molecule has 1 aliphatic rings. The fourth-order valence-electron chi connectivity index (χ4n) is 2.73. The summed E-state index contributed by atoms with van der Waals surface area (Å²) in [6.45, 7) is 1.48. The van der Waals surface area contributed by atoms with Crippen molar-refractivity contribution < 1.29 is 4.74 Å². The smallest absolute Gasteiger partial charge is 0.154 e. The van der Waals surface area contributed by atoms with Crippen LogP contribution in [0.2, 0.25) is 5.02 Å². The lowest BCUT2D eigenvalue weighted by Crippen LogP contribution is -2.16. The number of ether oxygens (including phenoxy) is 1. The molecule has 1 saturated heterocycles. The Balaban J connectivity index is 1.76. The Morgan fingerprint density at radius 3 is 2.54 bits per heavy atom. The van der Waals surface area contributed by atoms with Crippen LogP contribution in [0.1, 0.15) is 29.2 Å². The minimum absolute atomic E-state index is 0.0942. The van der Waals surface area contributed by atoms with E-state index in [-0.39, 0.29) is 11.4 Å². The Morgan fingerprint density at radius 2 is 1.88 bits per heavy atom. The molecule has 0 saturated carbocycles. The largest absolute Gasteiger partial charge is 0.379 e. The molecule has 1 heterocycles. The summed E-state index contributed by atoms with van der Waals surface area (Å²) in [5.74, 6) is 0. The van der Waals surface area contributed by atoms with Crippen LogP contribution in [0.25, 0.3) is 0 Å². The lowest BCUT2D eigenvalue weighted by Gasteiger charge is -2.17. The van der Waals surface area contributed by atoms with E-state index < -0.39 is 0 Å². The number of amidine groups is 1. The van der Waals surface area contributed by atoms with Crippen molar-refractivity contribution in [2.75, 3.05) is 13.2 Å².